The van der Waals surface area contributed by atoms with Gasteiger partial charge >= 0.3 is 0 Å². The number of nitrogens with one attached hydrogen (secondary N) is 2. The molecule has 0 spiro atoms. The number of nitrogens with zero attached hydrogens (tertiary/aromatic N) is 1. The number of carbonyl (C=O) groups is 2. The summed E-state index contributed by atoms with van der Waals surface area (Å²) in [6.07, 6.45) is 1.59. The van der Waals surface area contributed by atoms with E-state index in [-0.39, 0.29) is 18.2 Å². The summed E-state index contributed by atoms with van der Waals surface area (Å²) in [4.78, 5) is 26.6. The lowest BCUT2D eigenvalue weighted by Gasteiger charge is -2.35. The fourth-order valence-electron chi connectivity index (χ4n) is 4.21. The minimum atomic E-state index is -0.156. The number of hydrogen-bond donors (Lipinski definition) is 2. The monoisotopic (exact) mass is 407 g/mol. The lowest BCUT2D eigenvalue weighted by molar-refractivity contribution is -0.121. The average Bonchev–Trinajstić information content (AvgIpc) is 2.73. The highest BCUT2D eigenvalue weighted by Crippen LogP contribution is 2.22. The normalized spacial score (nSPS) is 19.3. The van der Waals surface area contributed by atoms with Crippen LogP contribution in [0.25, 0.3) is 0 Å². The predicted octanol–water partition coefficient (Wildman–Crippen LogP) is 3.60. The van der Waals surface area contributed by atoms with Crippen molar-refractivity contribution < 1.29 is 9.59 Å². The van der Waals surface area contributed by atoms with Gasteiger partial charge in [0, 0.05) is 44.7 Å². The summed E-state index contributed by atoms with van der Waals surface area (Å²) in [5, 5.41) is 5.70. The van der Waals surface area contributed by atoms with Gasteiger partial charge in [0.15, 0.2) is 0 Å². The summed E-state index contributed by atoms with van der Waals surface area (Å²) >= 11 is 0. The molecule has 2 aromatic carbocycles. The molecule has 2 aromatic rings. The van der Waals surface area contributed by atoms with Gasteiger partial charge in [-0.25, -0.2) is 0 Å². The molecular weight excluding hydrogens is 374 g/mol. The van der Waals surface area contributed by atoms with Gasteiger partial charge in [0.25, 0.3) is 5.91 Å². The molecule has 160 valence electrons. The van der Waals surface area contributed by atoms with Crippen LogP contribution in [0.1, 0.15) is 48.2 Å². The summed E-state index contributed by atoms with van der Waals surface area (Å²) in [6, 6.07) is 17.5. The molecule has 2 N–H and O–H groups in total. The van der Waals surface area contributed by atoms with Crippen LogP contribution in [-0.4, -0.2) is 36.3 Å². The van der Waals surface area contributed by atoms with Crippen LogP contribution < -0.4 is 10.6 Å². The minimum absolute atomic E-state index is 0.0660. The molecule has 0 unspecified atom stereocenters. The van der Waals surface area contributed by atoms with E-state index in [0.29, 0.717) is 18.7 Å². The summed E-state index contributed by atoms with van der Waals surface area (Å²) < 4.78 is 0. The summed E-state index contributed by atoms with van der Waals surface area (Å²) in [5.74, 6) is 1.31. The molecule has 3 rings (SSSR count). The van der Waals surface area contributed by atoms with Gasteiger partial charge in [-0.1, -0.05) is 56.3 Å². The van der Waals surface area contributed by atoms with Crippen LogP contribution in [0.3, 0.4) is 0 Å². The van der Waals surface area contributed by atoms with Crippen molar-refractivity contribution in [1.29, 1.82) is 0 Å². The third kappa shape index (κ3) is 6.99. The maximum Gasteiger partial charge on any atom is 0.251 e. The molecule has 2 amide bonds. The van der Waals surface area contributed by atoms with Crippen LogP contribution in [0.5, 0.6) is 0 Å². The van der Waals surface area contributed by atoms with Gasteiger partial charge in [-0.2, -0.15) is 0 Å². The Kier molecular flexibility index (Phi) is 8.03. The number of rotatable bonds is 8. The van der Waals surface area contributed by atoms with E-state index in [2.05, 4.69) is 53.6 Å². The van der Waals surface area contributed by atoms with Gasteiger partial charge in [-0.05, 0) is 41.5 Å². The van der Waals surface area contributed by atoms with Crippen molar-refractivity contribution in [3.8, 4) is 0 Å². The highest BCUT2D eigenvalue weighted by atomic mass is 16.2. The first-order chi connectivity index (χ1) is 14.5. The zero-order chi connectivity index (χ0) is 21.3. The second-order valence-electron chi connectivity index (χ2n) is 8.61. The number of benzene rings is 2. The second-order valence-corrected chi connectivity index (χ2v) is 8.61. The first-order valence-corrected chi connectivity index (χ1v) is 10.9. The lowest BCUT2D eigenvalue weighted by atomic mass is 9.91. The van der Waals surface area contributed by atoms with Crippen LogP contribution >= 0.6 is 0 Å². The quantitative estimate of drug-likeness (QED) is 0.703. The molecule has 30 heavy (non-hydrogen) atoms. The van der Waals surface area contributed by atoms with Gasteiger partial charge in [0.1, 0.15) is 0 Å². The molecule has 1 aliphatic rings. The SMILES string of the molecule is C[C@@H]1C[C@H](C)CN(Cc2ccc(CNC(=O)CCNC(=O)c3ccccc3)cc2)C1. The maximum atomic E-state index is 12.1. The summed E-state index contributed by atoms with van der Waals surface area (Å²) in [6.45, 7) is 8.83. The molecule has 1 aliphatic heterocycles. The molecule has 1 fully saturated rings. The lowest BCUT2D eigenvalue weighted by Crippen LogP contribution is -2.38. The minimum Gasteiger partial charge on any atom is -0.352 e. The Morgan fingerprint density at radius 3 is 2.20 bits per heavy atom. The van der Waals surface area contributed by atoms with E-state index in [9.17, 15) is 9.59 Å². The van der Waals surface area contributed by atoms with Crippen molar-refractivity contribution in [3.05, 3.63) is 71.3 Å². The first-order valence-electron chi connectivity index (χ1n) is 10.9. The number of hydrogen-bond acceptors (Lipinski definition) is 3. The largest absolute Gasteiger partial charge is 0.352 e. The Hall–Kier alpha value is -2.66. The van der Waals surface area contributed by atoms with E-state index in [1.165, 1.54) is 25.1 Å². The standard InChI is InChI=1S/C25H33N3O2/c1-19-14-20(2)17-28(16-19)18-22-10-8-21(9-11-22)15-27-24(29)12-13-26-25(30)23-6-4-3-5-7-23/h3-11,19-20H,12-18H2,1-2H3,(H,26,30)(H,27,29)/t19-,20+. The molecule has 5 heteroatoms. The molecule has 0 radical (unpaired) electrons. The van der Waals surface area contributed by atoms with Crippen LogP contribution in [0.2, 0.25) is 0 Å². The predicted molar refractivity (Wildman–Crippen MR) is 120 cm³/mol. The smallest absolute Gasteiger partial charge is 0.251 e. The van der Waals surface area contributed by atoms with E-state index in [1.807, 2.05) is 18.2 Å². The molecule has 0 aromatic heterocycles. The number of likely N-dealkylation sites (tertiary alicyclic amines) is 1. The van der Waals surface area contributed by atoms with Crippen LogP contribution in [0.15, 0.2) is 54.6 Å². The molecule has 1 heterocycles. The van der Waals surface area contributed by atoms with E-state index in [0.717, 1.165) is 23.9 Å². The summed E-state index contributed by atoms with van der Waals surface area (Å²) in [7, 11) is 0. The first kappa shape index (κ1) is 22.0. The summed E-state index contributed by atoms with van der Waals surface area (Å²) in [5.41, 5.74) is 3.00. The maximum absolute atomic E-state index is 12.1. The molecule has 5 nitrogen and oxygen atoms in total. The average molecular weight is 408 g/mol. The Bertz CT molecular complexity index is 810. The molecule has 0 bridgehead atoms. The van der Waals surface area contributed by atoms with Crippen molar-refractivity contribution in [1.82, 2.24) is 15.5 Å². The fourth-order valence-corrected chi connectivity index (χ4v) is 4.21. The van der Waals surface area contributed by atoms with Crippen LogP contribution in [0, 0.1) is 11.8 Å². The highest BCUT2D eigenvalue weighted by Gasteiger charge is 2.21. The number of piperidine rings is 1. The van der Waals surface area contributed by atoms with Gasteiger partial charge < -0.3 is 10.6 Å². The Balaban J connectivity index is 1.36. The topological polar surface area (TPSA) is 61.4 Å². The Morgan fingerprint density at radius 2 is 1.53 bits per heavy atom. The molecule has 0 saturated carbocycles. The van der Waals surface area contributed by atoms with Gasteiger partial charge in [0.2, 0.25) is 5.91 Å². The van der Waals surface area contributed by atoms with E-state index in [1.54, 1.807) is 12.1 Å². The van der Waals surface area contributed by atoms with Crippen molar-refractivity contribution in [2.24, 2.45) is 11.8 Å². The van der Waals surface area contributed by atoms with Gasteiger partial charge in [0.05, 0.1) is 0 Å². The van der Waals surface area contributed by atoms with E-state index >= 15 is 0 Å². The zero-order valence-corrected chi connectivity index (χ0v) is 18.1. The second kappa shape index (κ2) is 10.9. The van der Waals surface area contributed by atoms with Crippen molar-refractivity contribution in [2.75, 3.05) is 19.6 Å². The zero-order valence-electron chi connectivity index (χ0n) is 18.1. The Morgan fingerprint density at radius 1 is 0.900 bits per heavy atom. The van der Waals surface area contributed by atoms with Gasteiger partial charge in [-0.3, -0.25) is 14.5 Å². The van der Waals surface area contributed by atoms with Gasteiger partial charge in [-0.15, -0.1) is 0 Å². The van der Waals surface area contributed by atoms with Crippen LogP contribution in [-0.2, 0) is 17.9 Å². The molecular formula is C25H33N3O2. The molecule has 0 aliphatic carbocycles. The van der Waals surface area contributed by atoms with E-state index in [4.69, 9.17) is 0 Å². The van der Waals surface area contributed by atoms with Crippen molar-refractivity contribution >= 4 is 11.8 Å². The molecule has 1 saturated heterocycles. The number of carbonyl (C=O) groups excluding carboxylic acids is 2. The highest BCUT2D eigenvalue weighted by molar-refractivity contribution is 5.94. The molecule has 2 atom stereocenters. The van der Waals surface area contributed by atoms with Crippen molar-refractivity contribution in [2.45, 2.75) is 39.8 Å². The van der Waals surface area contributed by atoms with Crippen molar-refractivity contribution in [3.63, 3.8) is 0 Å². The third-order valence-corrected chi connectivity index (χ3v) is 5.54. The van der Waals surface area contributed by atoms with Crippen LogP contribution in [0.4, 0.5) is 0 Å². The van der Waals surface area contributed by atoms with E-state index < -0.39 is 0 Å². The third-order valence-electron chi connectivity index (χ3n) is 5.54. The Labute approximate surface area is 179 Å². The fraction of sp³-hybridized carbons (Fsp3) is 0.440. The number of amides is 2.